The smallest absolute Gasteiger partial charge is 0.411 e. The molecule has 0 spiro atoms. The molecule has 8 heteroatoms. The lowest BCUT2D eigenvalue weighted by Gasteiger charge is -2.12. The molecule has 0 fully saturated rings. The molecular formula is C22H21N5O2S. The molecule has 2 aromatic carbocycles. The number of carbonyl (C=O) groups is 1. The molecule has 0 unspecified atom stereocenters. The van der Waals surface area contributed by atoms with E-state index in [0.29, 0.717) is 18.9 Å². The fourth-order valence-corrected chi connectivity index (χ4v) is 3.97. The highest BCUT2D eigenvalue weighted by Gasteiger charge is 2.09. The minimum Gasteiger partial charge on any atom is -0.448 e. The number of benzene rings is 2. The molecule has 0 aliphatic carbocycles. The van der Waals surface area contributed by atoms with Crippen molar-refractivity contribution in [2.75, 3.05) is 17.7 Å². The van der Waals surface area contributed by atoms with E-state index in [1.165, 1.54) is 22.3 Å². The number of amides is 1. The van der Waals surface area contributed by atoms with E-state index in [0.717, 1.165) is 16.9 Å². The normalized spacial score (nSPS) is 10.8. The Bertz CT molecular complexity index is 1150. The second-order valence-corrected chi connectivity index (χ2v) is 7.76. The number of aromatic nitrogens is 4. The lowest BCUT2D eigenvalue weighted by atomic mass is 10.1. The number of hydrogen-bond donors (Lipinski definition) is 1. The van der Waals surface area contributed by atoms with Crippen molar-refractivity contribution in [2.45, 2.75) is 18.4 Å². The van der Waals surface area contributed by atoms with Gasteiger partial charge >= 0.3 is 6.09 Å². The Morgan fingerprint density at radius 3 is 2.87 bits per heavy atom. The molecular weight excluding hydrogens is 398 g/mol. The summed E-state index contributed by atoms with van der Waals surface area (Å²) in [6, 6.07) is 15.5. The second-order valence-electron chi connectivity index (χ2n) is 6.62. The molecule has 0 aliphatic heterocycles. The van der Waals surface area contributed by atoms with Gasteiger partial charge in [0.25, 0.3) is 0 Å². The summed E-state index contributed by atoms with van der Waals surface area (Å²) < 4.78 is 7.29. The average Bonchev–Trinajstić information content (AvgIpc) is 3.17. The fraction of sp³-hybridized carbons (Fsp3) is 0.182. The minimum atomic E-state index is -0.443. The first-order valence-corrected chi connectivity index (χ1v) is 10.5. The number of fused-ring (bicyclic) bond motifs is 1. The predicted molar refractivity (Wildman–Crippen MR) is 118 cm³/mol. The summed E-state index contributed by atoms with van der Waals surface area (Å²) in [6.07, 6.45) is 4.60. The number of nitrogens with one attached hydrogen (secondary N) is 1. The molecule has 1 N–H and O–H groups in total. The number of anilines is 1. The van der Waals surface area contributed by atoms with Gasteiger partial charge in [-0.2, -0.15) is 0 Å². The van der Waals surface area contributed by atoms with E-state index >= 15 is 0 Å². The summed E-state index contributed by atoms with van der Waals surface area (Å²) in [5.74, 6) is 0.674. The summed E-state index contributed by atoms with van der Waals surface area (Å²) >= 11 is 1.67. The van der Waals surface area contributed by atoms with Crippen molar-refractivity contribution in [2.24, 2.45) is 0 Å². The number of rotatable bonds is 7. The number of carbonyl (C=O) groups excluding carboxylic acids is 1. The molecule has 0 bridgehead atoms. The van der Waals surface area contributed by atoms with E-state index in [-0.39, 0.29) is 0 Å². The monoisotopic (exact) mass is 419 g/mol. The third kappa shape index (κ3) is 4.77. The molecule has 2 heterocycles. The Balaban J connectivity index is 1.32. The standard InChI is InChI=1S/C22H21N5O2S/c1-16-17(13-27-15-25-19-12-23-14-24-21(19)27)6-5-9-20(16)30-11-10-29-22(28)26-18-7-3-2-4-8-18/h2-9,12,14-15H,10-11,13H2,1H3,(H,26,28). The van der Waals surface area contributed by atoms with Crippen LogP contribution in [0.15, 0.2) is 72.3 Å². The SMILES string of the molecule is Cc1c(Cn2cnc3cncnc32)cccc1SCCOC(=O)Nc1ccccc1. The first-order valence-electron chi connectivity index (χ1n) is 9.51. The molecule has 4 aromatic rings. The maximum Gasteiger partial charge on any atom is 0.411 e. The van der Waals surface area contributed by atoms with Crippen molar-refractivity contribution in [3.8, 4) is 0 Å². The van der Waals surface area contributed by atoms with Crippen molar-refractivity contribution in [3.05, 3.63) is 78.5 Å². The van der Waals surface area contributed by atoms with E-state index in [1.54, 1.807) is 24.3 Å². The Hall–Kier alpha value is -3.39. The third-order valence-electron chi connectivity index (χ3n) is 4.61. The molecule has 152 valence electrons. The number of ether oxygens (including phenoxy) is 1. The van der Waals surface area contributed by atoms with Crippen molar-refractivity contribution >= 4 is 34.7 Å². The minimum absolute atomic E-state index is 0.329. The highest BCUT2D eigenvalue weighted by molar-refractivity contribution is 7.99. The van der Waals surface area contributed by atoms with Crippen molar-refractivity contribution < 1.29 is 9.53 Å². The van der Waals surface area contributed by atoms with Gasteiger partial charge in [-0.25, -0.2) is 19.7 Å². The quantitative estimate of drug-likeness (QED) is 0.350. The van der Waals surface area contributed by atoms with Gasteiger partial charge in [0.05, 0.1) is 19.1 Å². The molecule has 2 aromatic heterocycles. The Kier molecular flexibility index (Phi) is 6.24. The fourth-order valence-electron chi connectivity index (χ4n) is 3.06. The van der Waals surface area contributed by atoms with Gasteiger partial charge in [0, 0.05) is 16.3 Å². The molecule has 0 atom stereocenters. The number of para-hydroxylation sites is 1. The first-order chi connectivity index (χ1) is 14.7. The number of nitrogens with zero attached hydrogens (tertiary/aromatic N) is 4. The zero-order valence-corrected chi connectivity index (χ0v) is 17.3. The van der Waals surface area contributed by atoms with E-state index in [2.05, 4.69) is 39.3 Å². The molecule has 0 saturated carbocycles. The van der Waals surface area contributed by atoms with Crippen LogP contribution in [0, 0.1) is 6.92 Å². The summed E-state index contributed by atoms with van der Waals surface area (Å²) in [6.45, 7) is 3.12. The van der Waals surface area contributed by atoms with Gasteiger partial charge in [0.1, 0.15) is 18.5 Å². The zero-order chi connectivity index (χ0) is 20.8. The van der Waals surface area contributed by atoms with Crippen LogP contribution in [0.4, 0.5) is 10.5 Å². The first kappa shape index (κ1) is 19.9. The maximum absolute atomic E-state index is 11.9. The van der Waals surface area contributed by atoms with Crippen molar-refractivity contribution in [1.82, 2.24) is 19.5 Å². The predicted octanol–water partition coefficient (Wildman–Crippen LogP) is 4.52. The molecule has 30 heavy (non-hydrogen) atoms. The Morgan fingerprint density at radius 1 is 1.13 bits per heavy atom. The third-order valence-corrected chi connectivity index (χ3v) is 5.74. The lowest BCUT2D eigenvalue weighted by Crippen LogP contribution is -2.15. The van der Waals surface area contributed by atoms with E-state index in [1.807, 2.05) is 41.0 Å². The highest BCUT2D eigenvalue weighted by atomic mass is 32.2. The van der Waals surface area contributed by atoms with Gasteiger partial charge in [-0.15, -0.1) is 11.8 Å². The highest BCUT2D eigenvalue weighted by Crippen LogP contribution is 2.26. The van der Waals surface area contributed by atoms with Gasteiger partial charge in [0.15, 0.2) is 5.65 Å². The van der Waals surface area contributed by atoms with Crippen LogP contribution in [0.5, 0.6) is 0 Å². The molecule has 0 aliphatic rings. The van der Waals surface area contributed by atoms with Gasteiger partial charge < -0.3 is 9.30 Å². The summed E-state index contributed by atoms with van der Waals surface area (Å²) in [5.41, 5.74) is 4.72. The van der Waals surface area contributed by atoms with Gasteiger partial charge in [-0.05, 0) is 36.2 Å². The van der Waals surface area contributed by atoms with Crippen molar-refractivity contribution in [1.29, 1.82) is 0 Å². The average molecular weight is 420 g/mol. The van der Waals surface area contributed by atoms with Crippen LogP contribution in [0.1, 0.15) is 11.1 Å². The Labute approximate surface area is 178 Å². The Morgan fingerprint density at radius 2 is 2.00 bits per heavy atom. The molecule has 0 radical (unpaired) electrons. The summed E-state index contributed by atoms with van der Waals surface area (Å²) in [4.78, 5) is 25.7. The van der Waals surface area contributed by atoms with Gasteiger partial charge in [-0.3, -0.25) is 5.32 Å². The number of hydrogen-bond acceptors (Lipinski definition) is 6. The van der Waals surface area contributed by atoms with Crippen molar-refractivity contribution in [3.63, 3.8) is 0 Å². The molecule has 1 amide bonds. The van der Waals surface area contributed by atoms with E-state index in [4.69, 9.17) is 4.74 Å². The largest absolute Gasteiger partial charge is 0.448 e. The van der Waals surface area contributed by atoms with Crippen LogP contribution in [0.25, 0.3) is 11.2 Å². The molecule has 0 saturated heterocycles. The lowest BCUT2D eigenvalue weighted by molar-refractivity contribution is 0.169. The molecule has 4 rings (SSSR count). The van der Waals surface area contributed by atoms with Crippen LogP contribution in [-0.4, -0.2) is 38.0 Å². The summed E-state index contributed by atoms with van der Waals surface area (Å²) in [5, 5.41) is 2.71. The van der Waals surface area contributed by atoms with E-state index in [9.17, 15) is 4.79 Å². The van der Waals surface area contributed by atoms with Crippen LogP contribution in [0.2, 0.25) is 0 Å². The zero-order valence-electron chi connectivity index (χ0n) is 16.5. The topological polar surface area (TPSA) is 81.9 Å². The van der Waals surface area contributed by atoms with E-state index < -0.39 is 6.09 Å². The number of thioether (sulfide) groups is 1. The van der Waals surface area contributed by atoms with Gasteiger partial charge in [0.2, 0.25) is 0 Å². The summed E-state index contributed by atoms with van der Waals surface area (Å²) in [7, 11) is 0. The second kappa shape index (κ2) is 9.41. The maximum atomic E-state index is 11.9. The molecule has 7 nitrogen and oxygen atoms in total. The van der Waals surface area contributed by atoms with Crippen LogP contribution >= 0.6 is 11.8 Å². The van der Waals surface area contributed by atoms with Crippen LogP contribution in [-0.2, 0) is 11.3 Å². The van der Waals surface area contributed by atoms with Crippen LogP contribution in [0.3, 0.4) is 0 Å². The number of imidazole rings is 1. The van der Waals surface area contributed by atoms with Crippen LogP contribution < -0.4 is 5.32 Å². The van der Waals surface area contributed by atoms with Gasteiger partial charge in [-0.1, -0.05) is 30.3 Å².